The summed E-state index contributed by atoms with van der Waals surface area (Å²) >= 11 is 6.02. The van der Waals surface area contributed by atoms with Gasteiger partial charge < -0.3 is 15.4 Å². The summed E-state index contributed by atoms with van der Waals surface area (Å²) in [5.74, 6) is 0.129. The topological polar surface area (TPSA) is 50.4 Å². The fourth-order valence-electron chi connectivity index (χ4n) is 3.59. The molecule has 24 heavy (non-hydrogen) atoms. The van der Waals surface area contributed by atoms with Crippen LogP contribution in [0.15, 0.2) is 24.3 Å². The van der Waals surface area contributed by atoms with Crippen molar-refractivity contribution in [3.05, 3.63) is 34.9 Å². The first-order chi connectivity index (χ1) is 11.2. The van der Waals surface area contributed by atoms with E-state index in [1.54, 1.807) is 0 Å². The molecule has 1 amide bonds. The van der Waals surface area contributed by atoms with Crippen molar-refractivity contribution >= 4 is 29.9 Å². The molecule has 0 radical (unpaired) electrons. The summed E-state index contributed by atoms with van der Waals surface area (Å²) in [4.78, 5) is 12.4. The van der Waals surface area contributed by atoms with Crippen molar-refractivity contribution in [3.8, 4) is 0 Å². The number of carbonyl (C=O) groups excluding carboxylic acids is 1. The van der Waals surface area contributed by atoms with Crippen LogP contribution in [0.4, 0.5) is 0 Å². The van der Waals surface area contributed by atoms with Crippen LogP contribution < -0.4 is 10.6 Å². The molecule has 1 aromatic rings. The van der Waals surface area contributed by atoms with Gasteiger partial charge in [0.15, 0.2) is 0 Å². The van der Waals surface area contributed by atoms with Gasteiger partial charge in [-0.2, -0.15) is 0 Å². The van der Waals surface area contributed by atoms with Crippen molar-refractivity contribution in [1.82, 2.24) is 10.6 Å². The fourth-order valence-corrected chi connectivity index (χ4v) is 3.71. The van der Waals surface area contributed by atoms with Crippen LogP contribution in [0.3, 0.4) is 0 Å². The van der Waals surface area contributed by atoms with Gasteiger partial charge in [-0.15, -0.1) is 12.4 Å². The van der Waals surface area contributed by atoms with E-state index < -0.39 is 0 Å². The van der Waals surface area contributed by atoms with E-state index >= 15 is 0 Å². The van der Waals surface area contributed by atoms with Gasteiger partial charge >= 0.3 is 0 Å². The van der Waals surface area contributed by atoms with E-state index in [1.807, 2.05) is 12.1 Å². The molecule has 6 heteroatoms. The minimum atomic E-state index is -0.0484. The predicted molar refractivity (Wildman–Crippen MR) is 99.1 cm³/mol. The van der Waals surface area contributed by atoms with Gasteiger partial charge in [-0.25, -0.2) is 0 Å². The van der Waals surface area contributed by atoms with Crippen molar-refractivity contribution in [2.24, 2.45) is 0 Å². The number of nitrogens with one attached hydrogen (secondary N) is 2. The molecule has 2 fully saturated rings. The molecule has 1 unspecified atom stereocenters. The van der Waals surface area contributed by atoms with Gasteiger partial charge in [0.05, 0.1) is 6.04 Å². The maximum absolute atomic E-state index is 12.4. The van der Waals surface area contributed by atoms with Crippen molar-refractivity contribution < 1.29 is 9.53 Å². The molecule has 2 N–H and O–H groups in total. The Kier molecular flexibility index (Phi) is 7.35. The Labute approximate surface area is 155 Å². The molecule has 2 aliphatic rings. The number of amides is 1. The summed E-state index contributed by atoms with van der Waals surface area (Å²) in [7, 11) is 0. The van der Waals surface area contributed by atoms with E-state index in [9.17, 15) is 4.79 Å². The number of benzene rings is 1. The summed E-state index contributed by atoms with van der Waals surface area (Å²) in [5.41, 5.74) is 1.19. The zero-order valence-corrected chi connectivity index (χ0v) is 15.4. The van der Waals surface area contributed by atoms with E-state index in [2.05, 4.69) is 22.8 Å². The second-order valence-electron chi connectivity index (χ2n) is 6.62. The van der Waals surface area contributed by atoms with Crippen LogP contribution >= 0.6 is 24.0 Å². The van der Waals surface area contributed by atoms with Gasteiger partial charge in [0.25, 0.3) is 0 Å². The molecule has 0 saturated carbocycles. The second kappa shape index (κ2) is 9.04. The number of halogens is 2. The molecule has 3 rings (SSSR count). The molecule has 0 bridgehead atoms. The zero-order chi connectivity index (χ0) is 16.1. The third-order valence-corrected chi connectivity index (χ3v) is 5.39. The highest BCUT2D eigenvalue weighted by atomic mass is 35.5. The van der Waals surface area contributed by atoms with Gasteiger partial charge in [0.1, 0.15) is 0 Å². The minimum Gasteiger partial charge on any atom is -0.381 e. The number of carbonyl (C=O) groups is 1. The first-order valence-corrected chi connectivity index (χ1v) is 8.92. The van der Waals surface area contributed by atoms with Crippen molar-refractivity contribution in [2.75, 3.05) is 26.3 Å². The Bertz CT molecular complexity index is 524. The molecule has 1 atom stereocenters. The number of ether oxygens (including phenoxy) is 1. The third-order valence-electron chi connectivity index (χ3n) is 5.13. The Morgan fingerprint density at radius 2 is 1.96 bits per heavy atom. The lowest BCUT2D eigenvalue weighted by Gasteiger charge is -2.38. The molecule has 0 aromatic heterocycles. The second-order valence-corrected chi connectivity index (χ2v) is 7.06. The van der Waals surface area contributed by atoms with E-state index in [0.717, 1.165) is 56.9 Å². The Hall–Kier alpha value is -0.810. The fraction of sp³-hybridized carbons (Fsp3) is 0.611. The Morgan fingerprint density at radius 3 is 2.58 bits per heavy atom. The van der Waals surface area contributed by atoms with Gasteiger partial charge in [0.2, 0.25) is 5.91 Å². The molecule has 134 valence electrons. The number of piperidine rings is 1. The molecule has 2 aliphatic heterocycles. The smallest absolute Gasteiger partial charge is 0.237 e. The van der Waals surface area contributed by atoms with E-state index in [0.29, 0.717) is 6.54 Å². The molecule has 2 heterocycles. The maximum atomic E-state index is 12.4. The number of hydrogen-bond acceptors (Lipinski definition) is 3. The lowest BCUT2D eigenvalue weighted by Crippen LogP contribution is -2.51. The average Bonchev–Trinajstić information content (AvgIpc) is 2.62. The van der Waals surface area contributed by atoms with Gasteiger partial charge in [-0.05, 0) is 49.9 Å². The Balaban J connectivity index is 0.00000208. The molecule has 0 aliphatic carbocycles. The minimum absolute atomic E-state index is 0. The van der Waals surface area contributed by atoms with Crippen LogP contribution in [0.25, 0.3) is 0 Å². The first kappa shape index (κ1) is 19.5. The number of hydrogen-bond donors (Lipinski definition) is 2. The normalized spacial score (nSPS) is 23.1. The van der Waals surface area contributed by atoms with Crippen LogP contribution in [-0.2, 0) is 14.9 Å². The van der Waals surface area contributed by atoms with Crippen LogP contribution in [0.1, 0.15) is 37.7 Å². The standard InChI is InChI=1S/C18H25ClN2O2.ClH/c19-15-6-4-14(5-7-15)18(8-11-23-12-9-18)13-21-17(22)16-3-1-2-10-20-16;/h4-7,16,20H,1-3,8-13H2,(H,21,22);1H. The maximum Gasteiger partial charge on any atom is 0.237 e. The summed E-state index contributed by atoms with van der Waals surface area (Å²) < 4.78 is 5.54. The van der Waals surface area contributed by atoms with E-state index in [1.165, 1.54) is 5.56 Å². The highest BCUT2D eigenvalue weighted by Crippen LogP contribution is 2.35. The summed E-state index contributed by atoms with van der Waals surface area (Å²) in [6, 6.07) is 7.99. The molecule has 1 aromatic carbocycles. The van der Waals surface area contributed by atoms with Crippen LogP contribution in [0.2, 0.25) is 5.02 Å². The third kappa shape index (κ3) is 4.63. The van der Waals surface area contributed by atoms with Gasteiger partial charge in [-0.3, -0.25) is 4.79 Å². The first-order valence-electron chi connectivity index (χ1n) is 8.55. The SMILES string of the molecule is Cl.O=C(NCC1(c2ccc(Cl)cc2)CCOCC1)C1CCCCN1. The van der Waals surface area contributed by atoms with Crippen LogP contribution in [0.5, 0.6) is 0 Å². The summed E-state index contributed by atoms with van der Waals surface area (Å²) in [5, 5.41) is 7.24. The van der Waals surface area contributed by atoms with Gasteiger partial charge in [-0.1, -0.05) is 30.2 Å². The molecular formula is C18H26Cl2N2O2. The lowest BCUT2D eigenvalue weighted by atomic mass is 9.74. The van der Waals surface area contributed by atoms with Crippen LogP contribution in [-0.4, -0.2) is 38.3 Å². The van der Waals surface area contributed by atoms with Crippen molar-refractivity contribution in [3.63, 3.8) is 0 Å². The van der Waals surface area contributed by atoms with Crippen molar-refractivity contribution in [2.45, 2.75) is 43.6 Å². The molecular weight excluding hydrogens is 347 g/mol. The van der Waals surface area contributed by atoms with Crippen molar-refractivity contribution in [1.29, 1.82) is 0 Å². The monoisotopic (exact) mass is 372 g/mol. The summed E-state index contributed by atoms with van der Waals surface area (Å²) in [6.45, 7) is 3.07. The highest BCUT2D eigenvalue weighted by Gasteiger charge is 2.35. The zero-order valence-electron chi connectivity index (χ0n) is 13.9. The Morgan fingerprint density at radius 1 is 1.25 bits per heavy atom. The molecule has 0 spiro atoms. The van der Waals surface area contributed by atoms with E-state index in [4.69, 9.17) is 16.3 Å². The quantitative estimate of drug-likeness (QED) is 0.853. The summed E-state index contributed by atoms with van der Waals surface area (Å²) in [6.07, 6.45) is 5.07. The lowest BCUT2D eigenvalue weighted by molar-refractivity contribution is -0.124. The number of rotatable bonds is 4. The average molecular weight is 373 g/mol. The largest absolute Gasteiger partial charge is 0.381 e. The predicted octanol–water partition coefficient (Wildman–Crippen LogP) is 3.07. The molecule has 4 nitrogen and oxygen atoms in total. The highest BCUT2D eigenvalue weighted by molar-refractivity contribution is 6.30. The van der Waals surface area contributed by atoms with E-state index in [-0.39, 0.29) is 29.8 Å². The van der Waals surface area contributed by atoms with Gasteiger partial charge in [0, 0.05) is 30.2 Å². The molecule has 2 saturated heterocycles. The van der Waals surface area contributed by atoms with Crippen LogP contribution in [0, 0.1) is 0 Å².